The molecule has 26 heavy (non-hydrogen) atoms. The van der Waals surface area contributed by atoms with E-state index in [-0.39, 0.29) is 18.2 Å². The fourth-order valence-corrected chi connectivity index (χ4v) is 2.63. The van der Waals surface area contributed by atoms with E-state index in [0.29, 0.717) is 5.89 Å². The maximum Gasteiger partial charge on any atom is 0.247 e. The third kappa shape index (κ3) is 3.44. The number of nitrogens with zero attached hydrogens (tertiary/aromatic N) is 3. The predicted octanol–water partition coefficient (Wildman–Crippen LogP) is 3.77. The Morgan fingerprint density at radius 1 is 1.08 bits per heavy atom. The van der Waals surface area contributed by atoms with Crippen molar-refractivity contribution in [3.05, 3.63) is 72.2 Å². The van der Waals surface area contributed by atoms with Crippen LogP contribution in [0.5, 0.6) is 0 Å². The van der Waals surface area contributed by atoms with Crippen LogP contribution in [0.2, 0.25) is 0 Å². The molecule has 0 radical (unpaired) electrons. The molecule has 128 valence electrons. The molecular weight excluding hydrogens is 328 g/mol. The quantitative estimate of drug-likeness (QED) is 0.609. The Kier molecular flexibility index (Phi) is 4.15. The van der Waals surface area contributed by atoms with Crippen LogP contribution >= 0.6 is 0 Å². The summed E-state index contributed by atoms with van der Waals surface area (Å²) in [4.78, 5) is 16.4. The molecule has 1 amide bonds. The molecule has 0 aliphatic carbocycles. The Bertz CT molecular complexity index is 1070. The van der Waals surface area contributed by atoms with E-state index in [1.165, 1.54) is 0 Å². The highest BCUT2D eigenvalue weighted by atomic mass is 16.4. The summed E-state index contributed by atoms with van der Waals surface area (Å²) in [5.41, 5.74) is 3.56. The first-order chi connectivity index (χ1) is 12.7. The molecule has 0 spiro atoms. The molecule has 0 atom stereocenters. The van der Waals surface area contributed by atoms with Gasteiger partial charge in [-0.05, 0) is 43.3 Å². The summed E-state index contributed by atoms with van der Waals surface area (Å²) in [7, 11) is 0. The van der Waals surface area contributed by atoms with Gasteiger partial charge in [0.2, 0.25) is 17.7 Å². The molecular formula is C20H16N4O2. The maximum absolute atomic E-state index is 12.1. The summed E-state index contributed by atoms with van der Waals surface area (Å²) >= 11 is 0. The molecule has 6 nitrogen and oxygen atoms in total. The van der Waals surface area contributed by atoms with Crippen molar-refractivity contribution in [3.63, 3.8) is 0 Å². The van der Waals surface area contributed by atoms with Crippen LogP contribution in [0.3, 0.4) is 0 Å². The Hall–Kier alpha value is -3.54. The van der Waals surface area contributed by atoms with Crippen molar-refractivity contribution in [2.24, 2.45) is 0 Å². The monoisotopic (exact) mass is 344 g/mol. The first-order valence-corrected chi connectivity index (χ1v) is 8.21. The maximum atomic E-state index is 12.1. The van der Waals surface area contributed by atoms with Crippen LogP contribution in [0, 0.1) is 6.92 Å². The third-order valence-electron chi connectivity index (χ3n) is 3.96. The lowest BCUT2D eigenvalue weighted by Crippen LogP contribution is -2.14. The fraction of sp³-hybridized carbons (Fsp3) is 0.100. The number of carbonyl (C=O) groups is 1. The standard InChI is InChI=1S/C20H16N4O2/c1-13-4-7-16(8-5-13)22-18(25)12-19-23-24-20(26-19)15-6-9-17-14(11-15)3-2-10-21-17/h2-11H,12H2,1H3,(H,22,25). The molecule has 0 saturated carbocycles. The van der Waals surface area contributed by atoms with Crippen LogP contribution in [0.1, 0.15) is 11.5 Å². The summed E-state index contributed by atoms with van der Waals surface area (Å²) < 4.78 is 5.64. The van der Waals surface area contributed by atoms with E-state index in [4.69, 9.17) is 4.42 Å². The summed E-state index contributed by atoms with van der Waals surface area (Å²) in [5, 5.41) is 11.8. The van der Waals surface area contributed by atoms with E-state index < -0.39 is 0 Å². The molecule has 6 heteroatoms. The van der Waals surface area contributed by atoms with Crippen molar-refractivity contribution >= 4 is 22.5 Å². The first-order valence-electron chi connectivity index (χ1n) is 8.21. The number of carbonyl (C=O) groups excluding carboxylic acids is 1. The molecule has 0 unspecified atom stereocenters. The molecule has 0 saturated heterocycles. The van der Waals surface area contributed by atoms with E-state index in [9.17, 15) is 4.79 Å². The number of fused-ring (bicyclic) bond motifs is 1. The number of hydrogen-bond donors (Lipinski definition) is 1. The highest BCUT2D eigenvalue weighted by Crippen LogP contribution is 2.22. The van der Waals surface area contributed by atoms with E-state index in [1.54, 1.807) is 6.20 Å². The Balaban J connectivity index is 1.48. The highest BCUT2D eigenvalue weighted by molar-refractivity contribution is 5.91. The van der Waals surface area contributed by atoms with Gasteiger partial charge < -0.3 is 9.73 Å². The summed E-state index contributed by atoms with van der Waals surface area (Å²) in [6.07, 6.45) is 1.77. The van der Waals surface area contributed by atoms with Crippen molar-refractivity contribution in [1.29, 1.82) is 0 Å². The minimum Gasteiger partial charge on any atom is -0.420 e. The molecule has 2 aromatic carbocycles. The van der Waals surface area contributed by atoms with Crippen LogP contribution in [0.25, 0.3) is 22.4 Å². The topological polar surface area (TPSA) is 80.9 Å². The number of anilines is 1. The van der Waals surface area contributed by atoms with Gasteiger partial charge in [-0.2, -0.15) is 0 Å². The zero-order valence-corrected chi connectivity index (χ0v) is 14.1. The van der Waals surface area contributed by atoms with Crippen LogP contribution in [-0.4, -0.2) is 21.1 Å². The van der Waals surface area contributed by atoms with Crippen LogP contribution in [0.4, 0.5) is 5.69 Å². The predicted molar refractivity (Wildman–Crippen MR) is 98.5 cm³/mol. The van der Waals surface area contributed by atoms with Crippen LogP contribution in [0.15, 0.2) is 65.2 Å². The van der Waals surface area contributed by atoms with Gasteiger partial charge in [-0.15, -0.1) is 10.2 Å². The Morgan fingerprint density at radius 3 is 2.77 bits per heavy atom. The lowest BCUT2D eigenvalue weighted by molar-refractivity contribution is -0.115. The highest BCUT2D eigenvalue weighted by Gasteiger charge is 2.13. The fourth-order valence-electron chi connectivity index (χ4n) is 2.63. The third-order valence-corrected chi connectivity index (χ3v) is 3.96. The largest absolute Gasteiger partial charge is 0.420 e. The lowest BCUT2D eigenvalue weighted by Gasteiger charge is -2.03. The normalized spacial score (nSPS) is 10.8. The van der Waals surface area contributed by atoms with E-state index in [1.807, 2.05) is 61.5 Å². The number of aromatic nitrogens is 3. The Morgan fingerprint density at radius 2 is 1.92 bits per heavy atom. The second-order valence-electron chi connectivity index (χ2n) is 6.00. The number of nitrogens with one attached hydrogen (secondary N) is 1. The van der Waals surface area contributed by atoms with Crippen molar-refractivity contribution < 1.29 is 9.21 Å². The van der Waals surface area contributed by atoms with E-state index in [2.05, 4.69) is 20.5 Å². The molecule has 0 aliphatic heterocycles. The van der Waals surface area contributed by atoms with E-state index >= 15 is 0 Å². The smallest absolute Gasteiger partial charge is 0.247 e. The van der Waals surface area contributed by atoms with Crippen LogP contribution < -0.4 is 5.32 Å². The van der Waals surface area contributed by atoms with Gasteiger partial charge in [0.05, 0.1) is 5.52 Å². The molecule has 4 aromatic rings. The number of amides is 1. The number of rotatable bonds is 4. The second kappa shape index (κ2) is 6.76. The average molecular weight is 344 g/mol. The van der Waals surface area contributed by atoms with Crippen molar-refractivity contribution in [3.8, 4) is 11.5 Å². The van der Waals surface area contributed by atoms with Crippen molar-refractivity contribution in [2.45, 2.75) is 13.3 Å². The van der Waals surface area contributed by atoms with E-state index in [0.717, 1.165) is 27.7 Å². The molecule has 1 N–H and O–H groups in total. The number of hydrogen-bond acceptors (Lipinski definition) is 5. The Labute approximate surface area is 149 Å². The minimum absolute atomic E-state index is 0.0238. The van der Waals surface area contributed by atoms with Gasteiger partial charge in [-0.1, -0.05) is 23.8 Å². The SMILES string of the molecule is Cc1ccc(NC(=O)Cc2nnc(-c3ccc4ncccc4c3)o2)cc1. The zero-order valence-electron chi connectivity index (χ0n) is 14.1. The minimum atomic E-state index is -0.202. The molecule has 0 aliphatic rings. The van der Waals surface area contributed by atoms with Gasteiger partial charge in [0.1, 0.15) is 6.42 Å². The number of pyridine rings is 1. The second-order valence-corrected chi connectivity index (χ2v) is 6.00. The summed E-state index contributed by atoms with van der Waals surface area (Å²) in [6, 6.07) is 17.2. The van der Waals surface area contributed by atoms with Gasteiger partial charge in [-0.25, -0.2) is 0 Å². The van der Waals surface area contributed by atoms with Gasteiger partial charge in [0.15, 0.2) is 0 Å². The van der Waals surface area contributed by atoms with Gasteiger partial charge in [0, 0.05) is 22.8 Å². The number of benzene rings is 2. The molecule has 2 aromatic heterocycles. The zero-order chi connectivity index (χ0) is 17.9. The molecule has 0 bridgehead atoms. The number of aryl methyl sites for hydroxylation is 1. The lowest BCUT2D eigenvalue weighted by atomic mass is 10.1. The summed E-state index contributed by atoms with van der Waals surface area (Å²) in [5.74, 6) is 0.455. The van der Waals surface area contributed by atoms with Crippen molar-refractivity contribution in [1.82, 2.24) is 15.2 Å². The van der Waals surface area contributed by atoms with Crippen LogP contribution in [-0.2, 0) is 11.2 Å². The van der Waals surface area contributed by atoms with Gasteiger partial charge >= 0.3 is 0 Å². The van der Waals surface area contributed by atoms with Crippen molar-refractivity contribution in [2.75, 3.05) is 5.32 Å². The van der Waals surface area contributed by atoms with Gasteiger partial charge in [-0.3, -0.25) is 9.78 Å². The average Bonchev–Trinajstić information content (AvgIpc) is 3.11. The first kappa shape index (κ1) is 16.0. The summed E-state index contributed by atoms with van der Waals surface area (Å²) in [6.45, 7) is 1.99. The molecule has 2 heterocycles. The molecule has 4 rings (SSSR count). The molecule has 0 fully saturated rings. The van der Waals surface area contributed by atoms with Gasteiger partial charge in [0.25, 0.3) is 0 Å².